The monoisotopic (exact) mass is 419 g/mol. The quantitative estimate of drug-likeness (QED) is 0.673. The number of rotatable bonds is 7. The lowest BCUT2D eigenvalue weighted by Crippen LogP contribution is -2.46. The molecule has 2 fully saturated rings. The predicted octanol–water partition coefficient (Wildman–Crippen LogP) is 0.917. The molecule has 2 aromatic rings. The van der Waals surface area contributed by atoms with Crippen LogP contribution >= 0.6 is 0 Å². The van der Waals surface area contributed by atoms with E-state index in [0.717, 1.165) is 13.0 Å². The molecule has 0 radical (unpaired) electrons. The van der Waals surface area contributed by atoms with Crippen molar-refractivity contribution in [2.45, 2.75) is 63.9 Å². The Balaban J connectivity index is 1.57. The van der Waals surface area contributed by atoms with E-state index in [2.05, 4.69) is 40.7 Å². The molecule has 0 bridgehead atoms. The van der Waals surface area contributed by atoms with Gasteiger partial charge in [-0.3, -0.25) is 4.57 Å². The summed E-state index contributed by atoms with van der Waals surface area (Å²) in [6.07, 6.45) is 3.57. The maximum Gasteiger partial charge on any atom is 0.203 e. The molecule has 166 valence electrons. The summed E-state index contributed by atoms with van der Waals surface area (Å²) < 4.78 is 20.8. The van der Waals surface area contributed by atoms with Gasteiger partial charge in [-0.05, 0) is 39.8 Å². The second-order valence-electron chi connectivity index (χ2n) is 9.24. The molecule has 0 spiro atoms. The van der Waals surface area contributed by atoms with Crippen LogP contribution in [0.25, 0.3) is 11.2 Å². The van der Waals surface area contributed by atoms with Gasteiger partial charge in [0.2, 0.25) is 5.72 Å². The highest BCUT2D eigenvalue weighted by molar-refractivity contribution is 5.81. The van der Waals surface area contributed by atoms with Crippen LogP contribution in [0.2, 0.25) is 0 Å². The third kappa shape index (κ3) is 3.67. The van der Waals surface area contributed by atoms with Gasteiger partial charge in [0.05, 0.1) is 12.9 Å². The summed E-state index contributed by atoms with van der Waals surface area (Å²) >= 11 is 0. The Bertz CT molecular complexity index is 902. The Hall–Kier alpha value is -1.85. The maximum atomic E-state index is 6.43. The van der Waals surface area contributed by atoms with Crippen molar-refractivity contribution in [2.75, 3.05) is 32.5 Å². The molecule has 10 heteroatoms. The van der Waals surface area contributed by atoms with Crippen LogP contribution in [0, 0.1) is 5.92 Å². The van der Waals surface area contributed by atoms with E-state index in [-0.39, 0.29) is 18.2 Å². The molecule has 0 amide bonds. The predicted molar refractivity (Wildman–Crippen MR) is 112 cm³/mol. The van der Waals surface area contributed by atoms with Gasteiger partial charge in [0, 0.05) is 12.6 Å². The zero-order valence-electron chi connectivity index (χ0n) is 18.4. The second-order valence-corrected chi connectivity index (χ2v) is 9.24. The molecule has 4 rings (SSSR count). The normalized spacial score (nSPS) is 29.2. The van der Waals surface area contributed by atoms with Gasteiger partial charge in [-0.25, -0.2) is 15.0 Å². The number of likely N-dealkylation sites (N-methyl/N-ethyl adjacent to an activating group) is 1. The number of nitrogen functional groups attached to an aromatic ring is 1. The summed E-state index contributed by atoms with van der Waals surface area (Å²) in [5, 5.41) is 0. The average molecular weight is 420 g/mol. The summed E-state index contributed by atoms with van der Waals surface area (Å²) in [6, 6.07) is 0.184. The first-order chi connectivity index (χ1) is 14.1. The third-order valence-electron chi connectivity index (χ3n) is 6.08. The first-order valence-corrected chi connectivity index (χ1v) is 10.5. The van der Waals surface area contributed by atoms with Gasteiger partial charge < -0.3 is 30.6 Å². The molecule has 4 N–H and O–H groups in total. The Morgan fingerprint density at radius 1 is 1.30 bits per heavy atom. The average Bonchev–Trinajstić information content (AvgIpc) is 3.31. The smallest absolute Gasteiger partial charge is 0.203 e. The van der Waals surface area contributed by atoms with Crippen molar-refractivity contribution in [1.82, 2.24) is 24.4 Å². The number of anilines is 1. The lowest BCUT2D eigenvalue weighted by atomic mass is 10.0. The van der Waals surface area contributed by atoms with Crippen molar-refractivity contribution in [3.63, 3.8) is 0 Å². The highest BCUT2D eigenvalue weighted by atomic mass is 16.8. The van der Waals surface area contributed by atoms with Crippen LogP contribution in [0.15, 0.2) is 12.7 Å². The van der Waals surface area contributed by atoms with Crippen molar-refractivity contribution in [3.8, 4) is 0 Å². The van der Waals surface area contributed by atoms with Crippen LogP contribution in [-0.4, -0.2) is 75.2 Å². The zero-order valence-corrected chi connectivity index (χ0v) is 18.4. The minimum Gasteiger partial charge on any atom is -0.382 e. The van der Waals surface area contributed by atoms with E-state index in [1.165, 1.54) is 6.33 Å². The van der Waals surface area contributed by atoms with Crippen molar-refractivity contribution in [2.24, 2.45) is 11.7 Å². The molecular weight excluding hydrogens is 386 g/mol. The van der Waals surface area contributed by atoms with E-state index in [1.54, 1.807) is 6.33 Å². The number of ether oxygens (including phenoxy) is 3. The van der Waals surface area contributed by atoms with Crippen molar-refractivity contribution >= 4 is 17.0 Å². The Morgan fingerprint density at radius 2 is 2.07 bits per heavy atom. The van der Waals surface area contributed by atoms with Crippen molar-refractivity contribution in [1.29, 1.82) is 0 Å². The largest absolute Gasteiger partial charge is 0.382 e. The molecule has 4 unspecified atom stereocenters. The van der Waals surface area contributed by atoms with E-state index in [9.17, 15) is 0 Å². The summed E-state index contributed by atoms with van der Waals surface area (Å²) in [7, 11) is 2.08. The number of hydrogen-bond donors (Lipinski definition) is 2. The van der Waals surface area contributed by atoms with E-state index in [0.29, 0.717) is 36.1 Å². The standard InChI is InChI=1S/C20H33N7O3/c1-12(2)13(21)6-7-26(5)8-14-16-20(9-28-14,30-19(3,4)29-16)27-11-25-15-17(22)23-10-24-18(15)27/h10-14,16H,6-9,21H2,1-5H3,(H2,22,23,24). The van der Waals surface area contributed by atoms with Gasteiger partial charge in [0.25, 0.3) is 0 Å². The van der Waals surface area contributed by atoms with Gasteiger partial charge in [-0.1, -0.05) is 13.8 Å². The van der Waals surface area contributed by atoms with Crippen LogP contribution in [-0.2, 0) is 19.9 Å². The Kier molecular flexibility index (Phi) is 5.48. The molecule has 0 aliphatic carbocycles. The van der Waals surface area contributed by atoms with Gasteiger partial charge in [-0.15, -0.1) is 0 Å². The zero-order chi connectivity index (χ0) is 21.7. The van der Waals surface area contributed by atoms with Crippen molar-refractivity contribution in [3.05, 3.63) is 12.7 Å². The fourth-order valence-electron chi connectivity index (χ4n) is 4.33. The van der Waals surface area contributed by atoms with Crippen LogP contribution in [0.3, 0.4) is 0 Å². The van der Waals surface area contributed by atoms with E-state index < -0.39 is 11.5 Å². The van der Waals surface area contributed by atoms with Crippen LogP contribution in [0.1, 0.15) is 34.1 Å². The van der Waals surface area contributed by atoms with Gasteiger partial charge in [0.15, 0.2) is 17.3 Å². The topological polar surface area (TPSA) is 127 Å². The molecule has 0 saturated carbocycles. The molecule has 0 aromatic carbocycles. The number of fused-ring (bicyclic) bond motifs is 2. The fraction of sp³-hybridized carbons (Fsp3) is 0.750. The van der Waals surface area contributed by atoms with Crippen molar-refractivity contribution < 1.29 is 14.2 Å². The third-order valence-corrected chi connectivity index (χ3v) is 6.08. The highest BCUT2D eigenvalue weighted by Gasteiger charge is 2.63. The molecule has 2 aromatic heterocycles. The molecule has 30 heavy (non-hydrogen) atoms. The second kappa shape index (κ2) is 7.69. The van der Waals surface area contributed by atoms with Crippen LogP contribution < -0.4 is 11.5 Å². The minimum atomic E-state index is -0.862. The van der Waals surface area contributed by atoms with Crippen LogP contribution in [0.5, 0.6) is 0 Å². The highest BCUT2D eigenvalue weighted by Crippen LogP contribution is 2.47. The lowest BCUT2D eigenvalue weighted by molar-refractivity contribution is -0.205. The van der Waals surface area contributed by atoms with E-state index in [4.69, 9.17) is 25.7 Å². The summed E-state index contributed by atoms with van der Waals surface area (Å²) in [5.74, 6) is 0.0344. The minimum absolute atomic E-state index is 0.163. The summed E-state index contributed by atoms with van der Waals surface area (Å²) in [4.78, 5) is 15.1. The fourth-order valence-corrected chi connectivity index (χ4v) is 4.33. The van der Waals surface area contributed by atoms with Crippen LogP contribution in [0.4, 0.5) is 5.82 Å². The molecule has 4 atom stereocenters. The maximum absolute atomic E-state index is 6.43. The SMILES string of the molecule is CC(C)C(N)CCN(C)CC1OCC2(n3cnc4c(N)ncnc43)OC(C)(C)OC12. The number of nitrogens with two attached hydrogens (primary N) is 2. The number of nitrogens with zero attached hydrogens (tertiary/aromatic N) is 5. The van der Waals surface area contributed by atoms with Gasteiger partial charge >= 0.3 is 0 Å². The van der Waals surface area contributed by atoms with Gasteiger partial charge in [-0.2, -0.15) is 0 Å². The molecule has 2 saturated heterocycles. The lowest BCUT2D eigenvalue weighted by Gasteiger charge is -2.29. The molecule has 2 aliphatic rings. The first kappa shape index (κ1) is 21.4. The number of imidazole rings is 1. The molecule has 10 nitrogen and oxygen atoms in total. The Labute approximate surface area is 176 Å². The first-order valence-electron chi connectivity index (χ1n) is 10.5. The molecule has 2 aliphatic heterocycles. The molecular formula is C20H33N7O3. The van der Waals surface area contributed by atoms with Gasteiger partial charge in [0.1, 0.15) is 24.1 Å². The summed E-state index contributed by atoms with van der Waals surface area (Å²) in [5.41, 5.74) is 12.5. The van der Waals surface area contributed by atoms with E-state index >= 15 is 0 Å². The van der Waals surface area contributed by atoms with E-state index in [1.807, 2.05) is 18.4 Å². The Morgan fingerprint density at radius 3 is 2.80 bits per heavy atom. The molecule has 4 heterocycles. The number of hydrogen-bond acceptors (Lipinski definition) is 9. The number of aromatic nitrogens is 4. The summed E-state index contributed by atoms with van der Waals surface area (Å²) in [6.45, 7) is 10.1.